The molecular formula is C38H29B. The Hall–Kier alpha value is -4.62. The molecule has 0 unspecified atom stereocenters. The highest BCUT2D eigenvalue weighted by molar-refractivity contribution is 6.91. The second-order valence-corrected chi connectivity index (χ2v) is 10.4. The van der Waals surface area contributed by atoms with Crippen LogP contribution < -0.4 is 10.9 Å². The monoisotopic (exact) mass is 496 g/mol. The summed E-state index contributed by atoms with van der Waals surface area (Å²) >= 11 is 0. The molecule has 5 aromatic rings. The van der Waals surface area contributed by atoms with Gasteiger partial charge in [-0.05, 0) is 51.4 Å². The minimum absolute atomic E-state index is 0.109. The fraction of sp³-hybridized carbons (Fsp3) is 0.0526. The normalized spacial score (nSPS) is 14.1. The molecule has 0 N–H and O–H groups in total. The zero-order chi connectivity index (χ0) is 26.4. The molecule has 0 radical (unpaired) electrons. The van der Waals surface area contributed by atoms with Crippen LogP contribution in [-0.4, -0.2) is 6.71 Å². The Kier molecular flexibility index (Phi) is 5.60. The lowest BCUT2D eigenvalue weighted by molar-refractivity contribution is 0.794. The quantitative estimate of drug-likeness (QED) is 0.168. The molecule has 0 amide bonds. The molecule has 0 aliphatic heterocycles. The SMILES string of the molecule is C=C/C=C(\C=C/C)B(c1ccccc1)c1ccc2c(c1)-c1ccccc1C21c2ccccc2-c2ccccc21. The molecule has 0 nitrogen and oxygen atoms in total. The van der Waals surface area contributed by atoms with Gasteiger partial charge in [0.2, 0.25) is 6.71 Å². The summed E-state index contributed by atoms with van der Waals surface area (Å²) in [6.45, 7) is 6.21. The highest BCUT2D eigenvalue weighted by atomic mass is 14.5. The van der Waals surface area contributed by atoms with Gasteiger partial charge in [0.15, 0.2) is 0 Å². The van der Waals surface area contributed by atoms with E-state index in [0.717, 1.165) is 0 Å². The standard InChI is InChI=1S/C38H29B/c1-3-14-27(15-4-2)39(28-16-6-5-7-17-28)29-24-25-37-33(26-29)32-20-10-13-23-36(32)38(37)34-21-11-8-18-30(34)31-19-9-12-22-35(31)38/h3-26H,1H2,2H3/b15-4-,27-14+. The lowest BCUT2D eigenvalue weighted by Gasteiger charge is -2.30. The molecular weight excluding hydrogens is 467 g/mol. The van der Waals surface area contributed by atoms with Crippen LogP contribution in [0.5, 0.6) is 0 Å². The highest BCUT2D eigenvalue weighted by Gasteiger charge is 2.51. The first kappa shape index (κ1) is 23.5. The summed E-state index contributed by atoms with van der Waals surface area (Å²) in [5.74, 6) is 0. The molecule has 39 heavy (non-hydrogen) atoms. The summed E-state index contributed by atoms with van der Waals surface area (Å²) in [7, 11) is 0. The maximum Gasteiger partial charge on any atom is 0.241 e. The number of allylic oxidation sites excluding steroid dienone is 5. The maximum absolute atomic E-state index is 4.02. The van der Waals surface area contributed by atoms with Gasteiger partial charge in [0.1, 0.15) is 0 Å². The van der Waals surface area contributed by atoms with Gasteiger partial charge >= 0.3 is 0 Å². The Morgan fingerprint density at radius 1 is 0.590 bits per heavy atom. The minimum atomic E-state index is -0.303. The van der Waals surface area contributed by atoms with E-state index in [9.17, 15) is 0 Å². The Morgan fingerprint density at radius 3 is 1.67 bits per heavy atom. The van der Waals surface area contributed by atoms with E-state index < -0.39 is 0 Å². The van der Waals surface area contributed by atoms with Crippen LogP contribution in [0.1, 0.15) is 29.2 Å². The van der Waals surface area contributed by atoms with Crippen molar-refractivity contribution in [3.63, 3.8) is 0 Å². The lowest BCUT2D eigenvalue weighted by Crippen LogP contribution is -2.44. The van der Waals surface area contributed by atoms with Crippen LogP contribution in [0.4, 0.5) is 0 Å². The van der Waals surface area contributed by atoms with Crippen molar-refractivity contribution in [1.82, 2.24) is 0 Å². The highest BCUT2D eigenvalue weighted by Crippen LogP contribution is 2.62. The fourth-order valence-electron chi connectivity index (χ4n) is 7.10. The average Bonchev–Trinajstić information content (AvgIpc) is 3.45. The van der Waals surface area contributed by atoms with Crippen LogP contribution in [0.15, 0.2) is 158 Å². The van der Waals surface area contributed by atoms with Crippen molar-refractivity contribution in [2.75, 3.05) is 0 Å². The van der Waals surface area contributed by atoms with Crippen molar-refractivity contribution in [2.24, 2.45) is 0 Å². The topological polar surface area (TPSA) is 0 Å². The van der Waals surface area contributed by atoms with Gasteiger partial charge in [0.25, 0.3) is 0 Å². The van der Waals surface area contributed by atoms with Gasteiger partial charge in [-0.15, -0.1) is 0 Å². The van der Waals surface area contributed by atoms with Crippen LogP contribution in [0.3, 0.4) is 0 Å². The van der Waals surface area contributed by atoms with Gasteiger partial charge in [-0.1, -0.05) is 169 Å². The van der Waals surface area contributed by atoms with Crippen molar-refractivity contribution in [2.45, 2.75) is 12.3 Å². The second kappa shape index (κ2) is 9.29. The van der Waals surface area contributed by atoms with E-state index >= 15 is 0 Å². The summed E-state index contributed by atoms with van der Waals surface area (Å²) in [5.41, 5.74) is 14.3. The van der Waals surface area contributed by atoms with Gasteiger partial charge in [-0.2, -0.15) is 0 Å². The summed E-state index contributed by atoms with van der Waals surface area (Å²) < 4.78 is 0. The average molecular weight is 496 g/mol. The Morgan fingerprint density at radius 2 is 1.10 bits per heavy atom. The minimum Gasteiger partial charge on any atom is -0.0991 e. The molecule has 0 saturated carbocycles. The number of rotatable bonds is 5. The molecule has 0 fully saturated rings. The smallest absolute Gasteiger partial charge is 0.0991 e. The number of hydrogen-bond donors (Lipinski definition) is 0. The van der Waals surface area contributed by atoms with Crippen molar-refractivity contribution >= 4 is 17.6 Å². The predicted octanol–water partition coefficient (Wildman–Crippen LogP) is 7.87. The molecule has 0 saturated heterocycles. The van der Waals surface area contributed by atoms with E-state index in [1.165, 1.54) is 60.9 Å². The fourth-order valence-corrected chi connectivity index (χ4v) is 7.10. The van der Waals surface area contributed by atoms with Gasteiger partial charge in [-0.3, -0.25) is 0 Å². The second-order valence-electron chi connectivity index (χ2n) is 10.4. The number of fused-ring (bicyclic) bond motifs is 10. The van der Waals surface area contributed by atoms with E-state index in [2.05, 4.69) is 153 Å². The predicted molar refractivity (Wildman–Crippen MR) is 167 cm³/mol. The third-order valence-electron chi connectivity index (χ3n) is 8.49. The first-order valence-electron chi connectivity index (χ1n) is 13.7. The van der Waals surface area contributed by atoms with Crippen molar-refractivity contribution < 1.29 is 0 Å². The van der Waals surface area contributed by atoms with E-state index in [1.807, 2.05) is 6.08 Å². The van der Waals surface area contributed by atoms with Gasteiger partial charge in [0.05, 0.1) is 5.41 Å². The van der Waals surface area contributed by atoms with Crippen molar-refractivity contribution in [3.05, 3.63) is 180 Å². The van der Waals surface area contributed by atoms with E-state index in [4.69, 9.17) is 0 Å². The lowest BCUT2D eigenvalue weighted by atomic mass is 9.36. The molecule has 2 aliphatic rings. The Labute approximate surface area is 231 Å². The summed E-state index contributed by atoms with van der Waals surface area (Å²) in [5, 5.41) is 0. The molecule has 2 aliphatic carbocycles. The maximum atomic E-state index is 4.02. The molecule has 0 bridgehead atoms. The van der Waals surface area contributed by atoms with Crippen LogP contribution in [0.2, 0.25) is 0 Å². The largest absolute Gasteiger partial charge is 0.241 e. The van der Waals surface area contributed by atoms with Crippen molar-refractivity contribution in [1.29, 1.82) is 0 Å². The molecule has 7 rings (SSSR count). The van der Waals surface area contributed by atoms with Gasteiger partial charge < -0.3 is 0 Å². The molecule has 184 valence electrons. The third kappa shape index (κ3) is 3.33. The Bertz CT molecular complexity index is 1740. The number of hydrogen-bond acceptors (Lipinski definition) is 0. The van der Waals surface area contributed by atoms with Crippen LogP contribution in [0.25, 0.3) is 22.3 Å². The van der Waals surface area contributed by atoms with Crippen molar-refractivity contribution in [3.8, 4) is 22.3 Å². The molecule has 0 atom stereocenters. The third-order valence-corrected chi connectivity index (χ3v) is 8.49. The molecule has 5 aromatic carbocycles. The Balaban J connectivity index is 1.53. The van der Waals surface area contributed by atoms with Gasteiger partial charge in [0, 0.05) is 0 Å². The first-order valence-corrected chi connectivity index (χ1v) is 13.7. The molecule has 1 heteroatoms. The van der Waals surface area contributed by atoms with E-state index in [1.54, 1.807) is 0 Å². The summed E-state index contributed by atoms with van der Waals surface area (Å²) in [6.07, 6.45) is 8.37. The van der Waals surface area contributed by atoms with Gasteiger partial charge in [-0.25, -0.2) is 0 Å². The van der Waals surface area contributed by atoms with Crippen LogP contribution in [-0.2, 0) is 5.41 Å². The number of benzene rings is 5. The molecule has 1 spiro atoms. The first-order chi connectivity index (χ1) is 19.3. The zero-order valence-corrected chi connectivity index (χ0v) is 22.1. The summed E-state index contributed by atoms with van der Waals surface area (Å²) in [6, 6.07) is 45.0. The zero-order valence-electron chi connectivity index (χ0n) is 22.1. The molecule has 0 aromatic heterocycles. The van der Waals surface area contributed by atoms with Crippen LogP contribution >= 0.6 is 0 Å². The van der Waals surface area contributed by atoms with E-state index in [0.29, 0.717) is 0 Å². The van der Waals surface area contributed by atoms with Crippen LogP contribution in [0, 0.1) is 0 Å². The molecule has 0 heterocycles. The summed E-state index contributed by atoms with van der Waals surface area (Å²) in [4.78, 5) is 0. The van der Waals surface area contributed by atoms with E-state index in [-0.39, 0.29) is 12.1 Å².